The molecule has 20 heavy (non-hydrogen) atoms. The van der Waals surface area contributed by atoms with Crippen LogP contribution in [0.2, 0.25) is 0 Å². The van der Waals surface area contributed by atoms with E-state index in [0.29, 0.717) is 12.1 Å². The fraction of sp³-hybridized carbons (Fsp3) is 0.625. The predicted molar refractivity (Wildman–Crippen MR) is 77.6 cm³/mol. The Labute approximate surface area is 120 Å². The number of hydrogen-bond acceptors (Lipinski definition) is 2. The van der Waals surface area contributed by atoms with Crippen LogP contribution in [0.5, 0.6) is 0 Å². The molecule has 0 amide bonds. The lowest BCUT2D eigenvalue weighted by Gasteiger charge is -2.26. The first kappa shape index (κ1) is 15.4. The molecule has 1 aromatic carbocycles. The Balaban J connectivity index is 1.98. The molecule has 1 aliphatic carbocycles. The molecular formula is C16H24F2N2. The van der Waals surface area contributed by atoms with Gasteiger partial charge in [0.1, 0.15) is 0 Å². The van der Waals surface area contributed by atoms with Crippen LogP contribution in [0.25, 0.3) is 0 Å². The van der Waals surface area contributed by atoms with Crippen LogP contribution in [0.4, 0.5) is 8.78 Å². The lowest BCUT2D eigenvalue weighted by molar-refractivity contribution is 0.251. The second-order valence-electron chi connectivity index (χ2n) is 5.86. The van der Waals surface area contributed by atoms with Crippen LogP contribution in [-0.4, -0.2) is 32.1 Å². The second kappa shape index (κ2) is 7.14. The number of nitrogens with zero attached hydrogens (tertiary/aromatic N) is 1. The van der Waals surface area contributed by atoms with Crippen LogP contribution in [-0.2, 0) is 0 Å². The van der Waals surface area contributed by atoms with Gasteiger partial charge in [0.25, 0.3) is 0 Å². The van der Waals surface area contributed by atoms with Crippen LogP contribution in [0, 0.1) is 17.6 Å². The van der Waals surface area contributed by atoms with Gasteiger partial charge in [0.05, 0.1) is 0 Å². The van der Waals surface area contributed by atoms with Gasteiger partial charge in [0.2, 0.25) is 0 Å². The molecule has 1 fully saturated rings. The van der Waals surface area contributed by atoms with E-state index in [0.717, 1.165) is 18.5 Å². The van der Waals surface area contributed by atoms with Gasteiger partial charge in [-0.3, -0.25) is 0 Å². The first-order chi connectivity index (χ1) is 9.61. The van der Waals surface area contributed by atoms with Gasteiger partial charge < -0.3 is 10.2 Å². The maximum atomic E-state index is 13.9. The Morgan fingerprint density at radius 2 is 2.00 bits per heavy atom. The highest BCUT2D eigenvalue weighted by Crippen LogP contribution is 2.26. The van der Waals surface area contributed by atoms with Gasteiger partial charge in [0, 0.05) is 24.7 Å². The van der Waals surface area contributed by atoms with Crippen molar-refractivity contribution in [1.82, 2.24) is 10.2 Å². The van der Waals surface area contributed by atoms with Crippen molar-refractivity contribution in [3.63, 3.8) is 0 Å². The summed E-state index contributed by atoms with van der Waals surface area (Å²) in [5, 5.41) is 3.09. The van der Waals surface area contributed by atoms with Gasteiger partial charge in [-0.25, -0.2) is 8.78 Å². The number of benzene rings is 1. The van der Waals surface area contributed by atoms with Crippen molar-refractivity contribution in [2.45, 2.75) is 31.7 Å². The number of hydrogen-bond donors (Lipinski definition) is 1. The van der Waals surface area contributed by atoms with Crippen molar-refractivity contribution in [1.29, 1.82) is 0 Å². The third-order valence-corrected chi connectivity index (χ3v) is 4.24. The van der Waals surface area contributed by atoms with Gasteiger partial charge in [-0.1, -0.05) is 25.0 Å². The number of rotatable bonds is 6. The van der Waals surface area contributed by atoms with Crippen molar-refractivity contribution in [3.8, 4) is 0 Å². The Hall–Kier alpha value is -1.00. The summed E-state index contributed by atoms with van der Waals surface area (Å²) < 4.78 is 27.2. The van der Waals surface area contributed by atoms with Crippen molar-refractivity contribution < 1.29 is 8.78 Å². The third-order valence-electron chi connectivity index (χ3n) is 4.24. The molecule has 0 heterocycles. The summed E-state index contributed by atoms with van der Waals surface area (Å²) in [6.07, 6.45) is 5.24. The van der Waals surface area contributed by atoms with E-state index >= 15 is 0 Å². The summed E-state index contributed by atoms with van der Waals surface area (Å²) in [7, 11) is 3.85. The Morgan fingerprint density at radius 1 is 1.30 bits per heavy atom. The first-order valence-corrected chi connectivity index (χ1v) is 7.41. The van der Waals surface area contributed by atoms with Crippen LogP contribution in [0.1, 0.15) is 37.3 Å². The standard InChI is InChI=1S/C16H24F2N2/c1-19-15(13-8-5-9-14(17)16(13)18)11-20(2)10-12-6-3-4-7-12/h5,8-9,12,15,19H,3-4,6-7,10-11H2,1-2H3. The molecule has 0 bridgehead atoms. The number of likely N-dealkylation sites (N-methyl/N-ethyl adjacent to an activating group) is 2. The highest BCUT2D eigenvalue weighted by Gasteiger charge is 2.21. The molecule has 0 aromatic heterocycles. The van der Waals surface area contributed by atoms with Crippen LogP contribution in [0.3, 0.4) is 0 Å². The second-order valence-corrected chi connectivity index (χ2v) is 5.86. The maximum absolute atomic E-state index is 13.9. The lowest BCUT2D eigenvalue weighted by atomic mass is 10.0. The third kappa shape index (κ3) is 3.76. The van der Waals surface area contributed by atoms with E-state index in [-0.39, 0.29) is 6.04 Å². The summed E-state index contributed by atoms with van der Waals surface area (Å²) in [4.78, 5) is 2.22. The van der Waals surface area contributed by atoms with Crippen LogP contribution >= 0.6 is 0 Å². The molecule has 0 saturated heterocycles. The first-order valence-electron chi connectivity index (χ1n) is 7.41. The van der Waals surface area contributed by atoms with Crippen molar-refractivity contribution in [2.75, 3.05) is 27.2 Å². The minimum Gasteiger partial charge on any atom is -0.312 e. The highest BCUT2D eigenvalue weighted by atomic mass is 19.2. The molecule has 1 aliphatic rings. The van der Waals surface area contributed by atoms with E-state index in [1.54, 1.807) is 19.2 Å². The average molecular weight is 282 g/mol. The van der Waals surface area contributed by atoms with E-state index in [1.807, 2.05) is 0 Å². The van der Waals surface area contributed by atoms with Crippen molar-refractivity contribution >= 4 is 0 Å². The van der Waals surface area contributed by atoms with E-state index in [1.165, 1.54) is 25.7 Å². The Bertz CT molecular complexity index is 430. The number of nitrogens with one attached hydrogen (secondary N) is 1. The molecule has 0 radical (unpaired) electrons. The summed E-state index contributed by atoms with van der Waals surface area (Å²) >= 11 is 0. The minimum absolute atomic E-state index is 0.183. The molecule has 112 valence electrons. The van der Waals surface area contributed by atoms with Crippen LogP contribution in [0.15, 0.2) is 18.2 Å². The van der Waals surface area contributed by atoms with Crippen molar-refractivity contribution in [2.24, 2.45) is 5.92 Å². The van der Waals surface area contributed by atoms with Crippen LogP contribution < -0.4 is 5.32 Å². The summed E-state index contributed by atoms with van der Waals surface area (Å²) in [5.41, 5.74) is 0.408. The normalized spacial score (nSPS) is 17.9. The van der Waals surface area contributed by atoms with E-state index in [9.17, 15) is 8.78 Å². The number of halogens is 2. The highest BCUT2D eigenvalue weighted by molar-refractivity contribution is 5.22. The van der Waals surface area contributed by atoms with Gasteiger partial charge in [-0.15, -0.1) is 0 Å². The van der Waals surface area contributed by atoms with Gasteiger partial charge in [-0.05, 0) is 38.9 Å². The zero-order valence-electron chi connectivity index (χ0n) is 12.3. The molecule has 1 atom stereocenters. The monoisotopic (exact) mass is 282 g/mol. The molecule has 1 unspecified atom stereocenters. The topological polar surface area (TPSA) is 15.3 Å². The molecule has 2 rings (SSSR count). The Morgan fingerprint density at radius 3 is 2.65 bits per heavy atom. The molecule has 0 aliphatic heterocycles. The zero-order valence-corrected chi connectivity index (χ0v) is 12.3. The summed E-state index contributed by atoms with van der Waals surface area (Å²) in [6.45, 7) is 1.72. The molecule has 1 saturated carbocycles. The smallest absolute Gasteiger partial charge is 0.163 e. The van der Waals surface area contributed by atoms with Crippen molar-refractivity contribution in [3.05, 3.63) is 35.4 Å². The van der Waals surface area contributed by atoms with E-state index < -0.39 is 11.6 Å². The zero-order chi connectivity index (χ0) is 14.5. The van der Waals surface area contributed by atoms with E-state index in [2.05, 4.69) is 17.3 Å². The fourth-order valence-corrected chi connectivity index (χ4v) is 3.15. The molecular weight excluding hydrogens is 258 g/mol. The molecule has 4 heteroatoms. The largest absolute Gasteiger partial charge is 0.312 e. The molecule has 0 spiro atoms. The quantitative estimate of drug-likeness (QED) is 0.861. The summed E-state index contributed by atoms with van der Waals surface area (Å²) in [6, 6.07) is 4.20. The summed E-state index contributed by atoms with van der Waals surface area (Å²) in [5.74, 6) is -0.753. The Kier molecular flexibility index (Phi) is 5.49. The fourth-order valence-electron chi connectivity index (χ4n) is 3.15. The SMILES string of the molecule is CNC(CN(C)CC1CCCC1)c1cccc(F)c1F. The molecule has 1 aromatic rings. The minimum atomic E-state index is -0.777. The maximum Gasteiger partial charge on any atom is 0.163 e. The van der Waals surface area contributed by atoms with Gasteiger partial charge >= 0.3 is 0 Å². The van der Waals surface area contributed by atoms with Gasteiger partial charge in [0.15, 0.2) is 11.6 Å². The lowest BCUT2D eigenvalue weighted by Crippen LogP contribution is -2.34. The average Bonchev–Trinajstić information content (AvgIpc) is 2.92. The predicted octanol–water partition coefficient (Wildman–Crippen LogP) is 3.35. The molecule has 1 N–H and O–H groups in total. The van der Waals surface area contributed by atoms with E-state index in [4.69, 9.17) is 0 Å². The van der Waals surface area contributed by atoms with Gasteiger partial charge in [-0.2, -0.15) is 0 Å². The molecule has 2 nitrogen and oxygen atoms in total.